The lowest BCUT2D eigenvalue weighted by Crippen LogP contribution is -2.44. The molecule has 146 valence electrons. The lowest BCUT2D eigenvalue weighted by Gasteiger charge is -2.18. The number of aryl methyl sites for hydroxylation is 1. The van der Waals surface area contributed by atoms with Gasteiger partial charge >= 0.3 is 0 Å². The molecular weight excluding hydrogens is 411 g/mol. The summed E-state index contributed by atoms with van der Waals surface area (Å²) >= 11 is 7.53. The Kier molecular flexibility index (Phi) is 7.67. The zero-order chi connectivity index (χ0) is 20.0. The Morgan fingerprint density at radius 3 is 2.59 bits per heavy atom. The quantitative estimate of drug-likeness (QED) is 0.667. The molecule has 5 nitrogen and oxygen atoms in total. The third-order valence-electron chi connectivity index (χ3n) is 3.79. The van der Waals surface area contributed by atoms with E-state index in [0.29, 0.717) is 16.5 Å². The fourth-order valence-electron chi connectivity index (χ4n) is 2.29. The number of hydrogen-bond acceptors (Lipinski definition) is 4. The van der Waals surface area contributed by atoms with E-state index < -0.39 is 32.7 Å². The van der Waals surface area contributed by atoms with Crippen LogP contribution in [0, 0.1) is 12.7 Å². The van der Waals surface area contributed by atoms with Crippen molar-refractivity contribution in [2.75, 3.05) is 17.3 Å². The number of carbonyl (C=O) groups excluding carboxylic acids is 1. The highest BCUT2D eigenvalue weighted by molar-refractivity contribution is 7.98. The van der Waals surface area contributed by atoms with Crippen molar-refractivity contribution in [3.05, 3.63) is 58.9 Å². The molecule has 9 heteroatoms. The number of anilines is 1. The molecule has 1 amide bonds. The van der Waals surface area contributed by atoms with Crippen LogP contribution >= 0.6 is 23.4 Å². The van der Waals surface area contributed by atoms with Gasteiger partial charge in [0.1, 0.15) is 16.8 Å². The van der Waals surface area contributed by atoms with E-state index in [9.17, 15) is 17.6 Å². The number of benzene rings is 2. The first-order valence-corrected chi connectivity index (χ1v) is 11.3. The molecule has 0 aromatic heterocycles. The topological polar surface area (TPSA) is 75.3 Å². The van der Waals surface area contributed by atoms with Gasteiger partial charge in [-0.1, -0.05) is 29.8 Å². The molecule has 0 saturated heterocycles. The molecule has 27 heavy (non-hydrogen) atoms. The first kappa shape index (κ1) is 21.7. The number of carbonyl (C=O) groups is 1. The van der Waals surface area contributed by atoms with E-state index in [1.165, 1.54) is 23.9 Å². The standard InChI is InChI=1S/C18H20ClFN2O3S2/c1-12-7-8-13(11-14(12)19)21-18(23)16(9-10-26-2)22-27(24,25)17-6-4-3-5-15(17)20/h3-8,11,16,22H,9-10H2,1-2H3,(H,21,23). The van der Waals surface area contributed by atoms with Crippen molar-refractivity contribution in [1.82, 2.24) is 4.72 Å². The molecule has 0 fully saturated rings. The summed E-state index contributed by atoms with van der Waals surface area (Å²) in [5.41, 5.74) is 1.31. The maximum atomic E-state index is 13.9. The Bertz CT molecular complexity index is 923. The number of halogens is 2. The summed E-state index contributed by atoms with van der Waals surface area (Å²) in [4.78, 5) is 12.1. The molecule has 0 heterocycles. The van der Waals surface area contributed by atoms with Crippen molar-refractivity contribution in [3.63, 3.8) is 0 Å². The van der Waals surface area contributed by atoms with E-state index >= 15 is 0 Å². The van der Waals surface area contributed by atoms with E-state index in [4.69, 9.17) is 11.6 Å². The van der Waals surface area contributed by atoms with E-state index in [2.05, 4.69) is 10.0 Å². The molecule has 0 aliphatic carbocycles. The second-order valence-corrected chi connectivity index (χ2v) is 8.91. The Morgan fingerprint density at radius 1 is 1.26 bits per heavy atom. The second kappa shape index (κ2) is 9.54. The van der Waals surface area contributed by atoms with Gasteiger partial charge in [-0.05, 0) is 55.2 Å². The van der Waals surface area contributed by atoms with Crippen LogP contribution in [0.15, 0.2) is 47.4 Å². The zero-order valence-electron chi connectivity index (χ0n) is 14.8. The second-order valence-electron chi connectivity index (χ2n) is 5.84. The van der Waals surface area contributed by atoms with Gasteiger partial charge in [-0.15, -0.1) is 0 Å². The monoisotopic (exact) mass is 430 g/mol. The minimum Gasteiger partial charge on any atom is -0.325 e. The fraction of sp³-hybridized carbons (Fsp3) is 0.278. The lowest BCUT2D eigenvalue weighted by molar-refractivity contribution is -0.117. The van der Waals surface area contributed by atoms with Crippen LogP contribution in [0.25, 0.3) is 0 Å². The molecule has 0 spiro atoms. The zero-order valence-corrected chi connectivity index (χ0v) is 17.2. The van der Waals surface area contributed by atoms with E-state index in [-0.39, 0.29) is 6.42 Å². The number of amides is 1. The van der Waals surface area contributed by atoms with Gasteiger partial charge < -0.3 is 5.32 Å². The Balaban J connectivity index is 2.22. The predicted octanol–water partition coefficient (Wildman–Crippen LogP) is 3.83. The number of nitrogens with one attached hydrogen (secondary N) is 2. The SMILES string of the molecule is CSCCC(NS(=O)(=O)c1ccccc1F)C(=O)Nc1ccc(C)c(Cl)c1. The van der Waals surface area contributed by atoms with Crippen molar-refractivity contribution in [3.8, 4) is 0 Å². The summed E-state index contributed by atoms with van der Waals surface area (Å²) in [7, 11) is -4.19. The van der Waals surface area contributed by atoms with Gasteiger partial charge in [0.05, 0.1) is 0 Å². The van der Waals surface area contributed by atoms with Crippen LogP contribution in [0.2, 0.25) is 5.02 Å². The van der Waals surface area contributed by atoms with Crippen molar-refractivity contribution in [1.29, 1.82) is 0 Å². The van der Waals surface area contributed by atoms with Gasteiger partial charge in [-0.3, -0.25) is 4.79 Å². The number of hydrogen-bond donors (Lipinski definition) is 2. The fourth-order valence-corrected chi connectivity index (χ4v) is 4.25. The van der Waals surface area contributed by atoms with Gasteiger partial charge in [0.25, 0.3) is 0 Å². The largest absolute Gasteiger partial charge is 0.325 e. The van der Waals surface area contributed by atoms with Crippen LogP contribution in [0.1, 0.15) is 12.0 Å². The molecule has 0 aliphatic rings. The first-order valence-electron chi connectivity index (χ1n) is 8.07. The van der Waals surface area contributed by atoms with E-state index in [1.807, 2.05) is 13.2 Å². The maximum Gasteiger partial charge on any atom is 0.244 e. The smallest absolute Gasteiger partial charge is 0.244 e. The van der Waals surface area contributed by atoms with Crippen LogP contribution in [-0.4, -0.2) is 32.4 Å². The van der Waals surface area contributed by atoms with Crippen molar-refractivity contribution >= 4 is 45.0 Å². The summed E-state index contributed by atoms with van der Waals surface area (Å²) in [5.74, 6) is -0.866. The molecule has 1 atom stereocenters. The third-order valence-corrected chi connectivity index (χ3v) is 6.35. The minimum atomic E-state index is -4.19. The van der Waals surface area contributed by atoms with Crippen LogP contribution < -0.4 is 10.0 Å². The van der Waals surface area contributed by atoms with Crippen molar-refractivity contribution < 1.29 is 17.6 Å². The predicted molar refractivity (Wildman–Crippen MR) is 108 cm³/mol. The van der Waals surface area contributed by atoms with Gasteiger partial charge in [-0.25, -0.2) is 12.8 Å². The number of thioether (sulfide) groups is 1. The molecule has 0 radical (unpaired) electrons. The number of rotatable bonds is 8. The molecule has 1 unspecified atom stereocenters. The van der Waals surface area contributed by atoms with Gasteiger partial charge in [-0.2, -0.15) is 16.5 Å². The summed E-state index contributed by atoms with van der Waals surface area (Å²) in [6.45, 7) is 1.83. The van der Waals surface area contributed by atoms with Gasteiger partial charge in [0.2, 0.25) is 15.9 Å². The maximum absolute atomic E-state index is 13.9. The van der Waals surface area contributed by atoms with Crippen LogP contribution in [-0.2, 0) is 14.8 Å². The van der Waals surface area contributed by atoms with Gasteiger partial charge in [0, 0.05) is 10.7 Å². The molecule has 0 saturated carbocycles. The lowest BCUT2D eigenvalue weighted by atomic mass is 10.2. The Labute approximate surface area is 167 Å². The average Bonchev–Trinajstić information content (AvgIpc) is 2.61. The Hall–Kier alpha value is -1.61. The molecular formula is C18H20ClFN2O3S2. The molecule has 2 N–H and O–H groups in total. The van der Waals surface area contributed by atoms with Gasteiger partial charge in [0.15, 0.2) is 0 Å². The normalized spacial score (nSPS) is 12.6. The van der Waals surface area contributed by atoms with E-state index in [0.717, 1.165) is 17.7 Å². The summed E-state index contributed by atoms with van der Waals surface area (Å²) in [6.07, 6.45) is 2.10. The molecule has 2 rings (SSSR count). The number of sulfonamides is 1. The van der Waals surface area contributed by atoms with Crippen LogP contribution in [0.5, 0.6) is 0 Å². The minimum absolute atomic E-state index is 0.250. The average molecular weight is 431 g/mol. The molecule has 0 aliphatic heterocycles. The molecule has 2 aromatic rings. The van der Waals surface area contributed by atoms with Crippen LogP contribution in [0.3, 0.4) is 0 Å². The highest BCUT2D eigenvalue weighted by atomic mass is 35.5. The van der Waals surface area contributed by atoms with Crippen molar-refractivity contribution in [2.24, 2.45) is 0 Å². The summed E-state index contributed by atoms with van der Waals surface area (Å²) in [6, 6.07) is 8.99. The third kappa shape index (κ3) is 5.93. The molecule has 0 bridgehead atoms. The Morgan fingerprint density at radius 2 is 1.96 bits per heavy atom. The molecule has 2 aromatic carbocycles. The van der Waals surface area contributed by atoms with Crippen LogP contribution in [0.4, 0.5) is 10.1 Å². The van der Waals surface area contributed by atoms with Crippen molar-refractivity contribution in [2.45, 2.75) is 24.3 Å². The highest BCUT2D eigenvalue weighted by Crippen LogP contribution is 2.21. The summed E-state index contributed by atoms with van der Waals surface area (Å²) in [5, 5.41) is 3.14. The summed E-state index contributed by atoms with van der Waals surface area (Å²) < 4.78 is 41.2. The first-order chi connectivity index (χ1) is 12.7. The van der Waals surface area contributed by atoms with E-state index in [1.54, 1.807) is 18.2 Å². The highest BCUT2D eigenvalue weighted by Gasteiger charge is 2.27.